The molecule has 166 valence electrons. The van der Waals surface area contributed by atoms with Crippen LogP contribution < -0.4 is 0 Å². The molecule has 1 atom stereocenters. The quantitative estimate of drug-likeness (QED) is 0.628. The van der Waals surface area contributed by atoms with Crippen LogP contribution in [-0.2, 0) is 26.1 Å². The van der Waals surface area contributed by atoms with Gasteiger partial charge in [0.2, 0.25) is 5.91 Å². The van der Waals surface area contributed by atoms with Gasteiger partial charge in [-0.1, -0.05) is 48.5 Å². The van der Waals surface area contributed by atoms with E-state index in [0.29, 0.717) is 39.5 Å². The average Bonchev–Trinajstić information content (AvgIpc) is 3.10. The smallest absolute Gasteiger partial charge is 0.233 e. The summed E-state index contributed by atoms with van der Waals surface area (Å²) in [5, 5.41) is 1.18. The van der Waals surface area contributed by atoms with Gasteiger partial charge in [-0.3, -0.25) is 9.78 Å². The molecule has 32 heavy (non-hydrogen) atoms. The molecule has 0 saturated carbocycles. The molecule has 5 heteroatoms. The highest BCUT2D eigenvalue weighted by molar-refractivity contribution is 5.88. The fraction of sp³-hybridized carbons (Fsp3) is 0.407. The Bertz CT molecular complexity index is 1060. The van der Waals surface area contributed by atoms with Crippen molar-refractivity contribution in [2.75, 3.05) is 39.5 Å². The number of carbonyl (C=O) groups is 1. The molecular formula is C27H30N2O3. The molecule has 2 fully saturated rings. The van der Waals surface area contributed by atoms with E-state index in [1.165, 1.54) is 10.9 Å². The SMILES string of the molecule is O=C(N1CCOC[C@H](Cc2cccc3ncccc23)C1)C1(c2ccccc2)CCOCC1. The van der Waals surface area contributed by atoms with Gasteiger partial charge in [-0.15, -0.1) is 0 Å². The highest BCUT2D eigenvalue weighted by Crippen LogP contribution is 2.37. The molecule has 3 aromatic rings. The number of benzene rings is 2. The minimum Gasteiger partial charge on any atom is -0.381 e. The minimum absolute atomic E-state index is 0.224. The molecule has 2 aliphatic heterocycles. The average molecular weight is 431 g/mol. The summed E-state index contributed by atoms with van der Waals surface area (Å²) >= 11 is 0. The van der Waals surface area contributed by atoms with E-state index in [4.69, 9.17) is 9.47 Å². The summed E-state index contributed by atoms with van der Waals surface area (Å²) in [6, 6.07) is 20.7. The molecule has 2 aromatic carbocycles. The molecule has 0 N–H and O–H groups in total. The molecule has 0 spiro atoms. The topological polar surface area (TPSA) is 51.7 Å². The minimum atomic E-state index is -0.502. The summed E-state index contributed by atoms with van der Waals surface area (Å²) < 4.78 is 11.6. The summed E-state index contributed by atoms with van der Waals surface area (Å²) in [4.78, 5) is 20.6. The Morgan fingerprint density at radius 1 is 0.969 bits per heavy atom. The Balaban J connectivity index is 1.40. The maximum atomic E-state index is 14.0. The van der Waals surface area contributed by atoms with Crippen LogP contribution in [0.4, 0.5) is 0 Å². The van der Waals surface area contributed by atoms with Crippen molar-refractivity contribution in [3.63, 3.8) is 0 Å². The number of ether oxygens (including phenoxy) is 2. The summed E-state index contributed by atoms with van der Waals surface area (Å²) in [6.07, 6.45) is 4.16. The molecule has 0 unspecified atom stereocenters. The number of hydrogen-bond donors (Lipinski definition) is 0. The predicted octanol–water partition coefficient (Wildman–Crippen LogP) is 4.00. The number of aromatic nitrogens is 1. The van der Waals surface area contributed by atoms with Crippen LogP contribution >= 0.6 is 0 Å². The van der Waals surface area contributed by atoms with Gasteiger partial charge in [-0.2, -0.15) is 0 Å². The number of fused-ring (bicyclic) bond motifs is 1. The first-order valence-corrected chi connectivity index (χ1v) is 11.6. The van der Waals surface area contributed by atoms with Gasteiger partial charge in [0.15, 0.2) is 0 Å². The molecule has 2 aliphatic rings. The third-order valence-corrected chi connectivity index (χ3v) is 6.95. The number of carbonyl (C=O) groups excluding carboxylic acids is 1. The Morgan fingerprint density at radius 2 is 1.81 bits per heavy atom. The second-order valence-corrected chi connectivity index (χ2v) is 8.94. The fourth-order valence-corrected chi connectivity index (χ4v) is 5.25. The second kappa shape index (κ2) is 9.39. The summed E-state index contributed by atoms with van der Waals surface area (Å²) in [6.45, 7) is 3.85. The van der Waals surface area contributed by atoms with Crippen LogP contribution in [0.5, 0.6) is 0 Å². The number of hydrogen-bond acceptors (Lipinski definition) is 4. The lowest BCUT2D eigenvalue weighted by atomic mass is 9.73. The van der Waals surface area contributed by atoms with Gasteiger partial charge in [-0.05, 0) is 42.5 Å². The Kier molecular flexibility index (Phi) is 6.19. The molecule has 0 aliphatic carbocycles. The van der Waals surface area contributed by atoms with Gasteiger partial charge >= 0.3 is 0 Å². The van der Waals surface area contributed by atoms with Crippen LogP contribution in [0.3, 0.4) is 0 Å². The van der Waals surface area contributed by atoms with Crippen LogP contribution in [0.1, 0.15) is 24.0 Å². The Hall–Kier alpha value is -2.76. The van der Waals surface area contributed by atoms with E-state index in [1.54, 1.807) is 0 Å². The molecule has 0 bridgehead atoms. The van der Waals surface area contributed by atoms with Crippen molar-refractivity contribution in [3.8, 4) is 0 Å². The lowest BCUT2D eigenvalue weighted by molar-refractivity contribution is -0.141. The first kappa shape index (κ1) is 21.1. The van der Waals surface area contributed by atoms with Crippen molar-refractivity contribution in [1.82, 2.24) is 9.88 Å². The number of rotatable bonds is 4. The van der Waals surface area contributed by atoms with Gasteiger partial charge in [-0.25, -0.2) is 0 Å². The summed E-state index contributed by atoms with van der Waals surface area (Å²) in [5.41, 5.74) is 2.88. The monoisotopic (exact) mass is 430 g/mol. The maximum absolute atomic E-state index is 14.0. The lowest BCUT2D eigenvalue weighted by Crippen LogP contribution is -2.51. The van der Waals surface area contributed by atoms with Gasteiger partial charge in [0, 0.05) is 43.8 Å². The van der Waals surface area contributed by atoms with Gasteiger partial charge in [0.25, 0.3) is 0 Å². The van der Waals surface area contributed by atoms with Crippen LogP contribution in [0, 0.1) is 5.92 Å². The van der Waals surface area contributed by atoms with E-state index in [-0.39, 0.29) is 11.8 Å². The normalized spacial score (nSPS) is 21.2. The number of amides is 1. The van der Waals surface area contributed by atoms with Crippen LogP contribution in [0.25, 0.3) is 10.9 Å². The molecule has 3 heterocycles. The maximum Gasteiger partial charge on any atom is 0.233 e. The van der Waals surface area contributed by atoms with E-state index in [1.807, 2.05) is 36.5 Å². The molecule has 2 saturated heterocycles. The zero-order valence-corrected chi connectivity index (χ0v) is 18.4. The molecule has 5 rings (SSSR count). The van der Waals surface area contributed by atoms with Crippen LogP contribution in [0.15, 0.2) is 66.9 Å². The predicted molar refractivity (Wildman–Crippen MR) is 125 cm³/mol. The van der Waals surface area contributed by atoms with Gasteiger partial charge < -0.3 is 14.4 Å². The van der Waals surface area contributed by atoms with Gasteiger partial charge in [0.1, 0.15) is 0 Å². The van der Waals surface area contributed by atoms with Crippen molar-refractivity contribution in [2.24, 2.45) is 5.92 Å². The highest BCUT2D eigenvalue weighted by Gasteiger charge is 2.44. The van der Waals surface area contributed by atoms with Crippen molar-refractivity contribution < 1.29 is 14.3 Å². The molecule has 5 nitrogen and oxygen atoms in total. The second-order valence-electron chi connectivity index (χ2n) is 8.94. The summed E-state index contributed by atoms with van der Waals surface area (Å²) in [7, 11) is 0. The third kappa shape index (κ3) is 4.15. The van der Waals surface area contributed by atoms with Crippen molar-refractivity contribution in [2.45, 2.75) is 24.7 Å². The number of nitrogens with zero attached hydrogens (tertiary/aromatic N) is 2. The van der Waals surface area contributed by atoms with E-state index in [0.717, 1.165) is 30.3 Å². The van der Waals surface area contributed by atoms with Crippen molar-refractivity contribution in [1.29, 1.82) is 0 Å². The van der Waals surface area contributed by atoms with E-state index < -0.39 is 5.41 Å². The first-order valence-electron chi connectivity index (χ1n) is 11.6. The van der Waals surface area contributed by atoms with Gasteiger partial charge in [0.05, 0.1) is 24.1 Å². The lowest BCUT2D eigenvalue weighted by Gasteiger charge is -2.40. The Morgan fingerprint density at radius 3 is 2.66 bits per heavy atom. The Labute approximate surface area is 189 Å². The first-order chi connectivity index (χ1) is 15.8. The van der Waals surface area contributed by atoms with Crippen LogP contribution in [-0.4, -0.2) is 55.3 Å². The van der Waals surface area contributed by atoms with E-state index in [2.05, 4.69) is 40.2 Å². The van der Waals surface area contributed by atoms with Crippen LogP contribution in [0.2, 0.25) is 0 Å². The van der Waals surface area contributed by atoms with Crippen molar-refractivity contribution >= 4 is 16.8 Å². The zero-order chi connectivity index (χ0) is 21.8. The number of pyridine rings is 1. The zero-order valence-electron chi connectivity index (χ0n) is 18.4. The summed E-state index contributed by atoms with van der Waals surface area (Å²) in [5.74, 6) is 0.474. The molecule has 1 aromatic heterocycles. The molecular weight excluding hydrogens is 400 g/mol. The van der Waals surface area contributed by atoms with Crippen molar-refractivity contribution in [3.05, 3.63) is 78.0 Å². The fourth-order valence-electron chi connectivity index (χ4n) is 5.25. The molecule has 1 amide bonds. The molecule has 0 radical (unpaired) electrons. The largest absolute Gasteiger partial charge is 0.381 e. The highest BCUT2D eigenvalue weighted by atomic mass is 16.5. The third-order valence-electron chi connectivity index (χ3n) is 6.95. The van der Waals surface area contributed by atoms with E-state index >= 15 is 0 Å². The van der Waals surface area contributed by atoms with E-state index in [9.17, 15) is 4.79 Å². The standard InChI is InChI=1S/C27H30N2O3/c30-26(27(11-15-31-16-12-27)23-7-2-1-3-8-23)29-14-17-32-20-21(19-29)18-22-6-4-10-25-24(22)9-5-13-28-25/h1-10,13,21H,11-12,14-20H2/t21-/m1/s1.